The number of aliphatic hydroxyl groups is 1. The topological polar surface area (TPSA) is 121 Å². The van der Waals surface area contributed by atoms with E-state index in [0.29, 0.717) is 28.4 Å². The van der Waals surface area contributed by atoms with Crippen molar-refractivity contribution in [3.8, 4) is 0 Å². The molecule has 0 radical (unpaired) electrons. The minimum atomic E-state index is -0.655. The van der Waals surface area contributed by atoms with Gasteiger partial charge in [0.1, 0.15) is 5.69 Å². The van der Waals surface area contributed by atoms with E-state index in [4.69, 9.17) is 9.47 Å². The molecule has 3 heterocycles. The van der Waals surface area contributed by atoms with E-state index in [2.05, 4.69) is 15.3 Å². The lowest BCUT2D eigenvalue weighted by atomic mass is 10.0. The summed E-state index contributed by atoms with van der Waals surface area (Å²) in [5, 5.41) is 25.1. The SMILES string of the molecule is O=C(Nc1ccc([C@@H]2O[C@H](CSc3cccc[n+]3[O-])C[C@H](c3ccc(CO)cc3)O2)cc1)c1cnc2ccccc2n1. The Bertz CT molecular complexity index is 1680. The first-order chi connectivity index (χ1) is 20.6. The Morgan fingerprint density at radius 3 is 2.45 bits per heavy atom. The van der Waals surface area contributed by atoms with E-state index in [1.807, 2.05) is 66.7 Å². The van der Waals surface area contributed by atoms with Crippen molar-refractivity contribution in [1.82, 2.24) is 9.97 Å². The number of carbonyl (C=O) groups is 1. The van der Waals surface area contributed by atoms with E-state index >= 15 is 0 Å². The number of ether oxygens (including phenoxy) is 2. The number of fused-ring (bicyclic) bond motifs is 1. The van der Waals surface area contributed by atoms with Crippen LogP contribution in [0.25, 0.3) is 11.0 Å². The molecule has 42 heavy (non-hydrogen) atoms. The van der Waals surface area contributed by atoms with Gasteiger partial charge < -0.3 is 25.1 Å². The predicted molar refractivity (Wildman–Crippen MR) is 158 cm³/mol. The maximum atomic E-state index is 12.8. The minimum absolute atomic E-state index is 0.0284. The van der Waals surface area contributed by atoms with Gasteiger partial charge in [0.2, 0.25) is 0 Å². The molecule has 10 heteroatoms. The number of pyridine rings is 1. The molecule has 9 nitrogen and oxygen atoms in total. The summed E-state index contributed by atoms with van der Waals surface area (Å²) >= 11 is 1.44. The average Bonchev–Trinajstić information content (AvgIpc) is 3.04. The molecule has 0 spiro atoms. The van der Waals surface area contributed by atoms with Gasteiger partial charge in [-0.05, 0) is 41.5 Å². The maximum absolute atomic E-state index is 12.8. The Kier molecular flexibility index (Phi) is 8.38. The van der Waals surface area contributed by atoms with Gasteiger partial charge in [-0.3, -0.25) is 9.78 Å². The predicted octanol–water partition coefficient (Wildman–Crippen LogP) is 5.35. The Morgan fingerprint density at radius 1 is 0.952 bits per heavy atom. The molecular formula is C32H28N4O5S. The first kappa shape index (κ1) is 27.8. The molecule has 212 valence electrons. The van der Waals surface area contributed by atoms with Crippen LogP contribution in [0.2, 0.25) is 0 Å². The summed E-state index contributed by atoms with van der Waals surface area (Å²) in [6.45, 7) is -0.0284. The standard InChI is InChI=1S/C32H28N4O5S/c37-19-21-8-10-22(11-9-21)29-17-25(20-42-30-7-3-4-16-36(30)39)40-32(41-29)23-12-14-24(15-13-23)34-31(38)28-18-33-26-5-1-2-6-27(26)35-28/h1-16,18,25,29,32,37H,17,19-20H2,(H,34,38)/t25-,29+,32+/m0/s1. The molecule has 0 saturated carbocycles. The van der Waals surface area contributed by atoms with Crippen LogP contribution in [0.4, 0.5) is 5.69 Å². The number of nitrogens with zero attached hydrogens (tertiary/aromatic N) is 3. The number of nitrogens with one attached hydrogen (secondary N) is 1. The molecule has 1 aliphatic heterocycles. The first-order valence-electron chi connectivity index (χ1n) is 13.5. The van der Waals surface area contributed by atoms with E-state index in [-0.39, 0.29) is 30.4 Å². The van der Waals surface area contributed by atoms with Gasteiger partial charge in [0.05, 0.1) is 36.0 Å². The average molecular weight is 581 g/mol. The molecule has 1 aliphatic rings. The molecule has 2 aromatic heterocycles. The van der Waals surface area contributed by atoms with Crippen LogP contribution in [0.15, 0.2) is 108 Å². The summed E-state index contributed by atoms with van der Waals surface area (Å²) in [5.74, 6) is 0.212. The number of hydrogen-bond acceptors (Lipinski definition) is 8. The van der Waals surface area contributed by atoms with E-state index in [0.717, 1.165) is 26.9 Å². The van der Waals surface area contributed by atoms with Gasteiger partial charge in [-0.15, -0.1) is 0 Å². The highest BCUT2D eigenvalue weighted by molar-refractivity contribution is 7.99. The van der Waals surface area contributed by atoms with Gasteiger partial charge in [-0.2, -0.15) is 4.73 Å². The molecule has 1 saturated heterocycles. The molecule has 0 aliphatic carbocycles. The molecule has 3 atom stereocenters. The fourth-order valence-electron chi connectivity index (χ4n) is 4.71. The number of thioether (sulfide) groups is 1. The van der Waals surface area contributed by atoms with Crippen LogP contribution < -0.4 is 10.0 Å². The fraction of sp³-hybridized carbons (Fsp3) is 0.188. The van der Waals surface area contributed by atoms with Crippen LogP contribution in [0.3, 0.4) is 0 Å². The lowest BCUT2D eigenvalue weighted by Gasteiger charge is -2.36. The lowest BCUT2D eigenvalue weighted by Crippen LogP contribution is -2.32. The Labute approximate surface area is 246 Å². The van der Waals surface area contributed by atoms with Gasteiger partial charge in [0.25, 0.3) is 10.9 Å². The summed E-state index contributed by atoms with van der Waals surface area (Å²) in [4.78, 5) is 21.6. The second kappa shape index (κ2) is 12.7. The second-order valence-corrected chi connectivity index (χ2v) is 10.9. The number of aromatic nitrogens is 3. The second-order valence-electron chi connectivity index (χ2n) is 9.85. The maximum Gasteiger partial charge on any atom is 0.275 e. The number of anilines is 1. The number of rotatable bonds is 8. The zero-order chi connectivity index (χ0) is 28.9. The normalized spacial score (nSPS) is 18.5. The van der Waals surface area contributed by atoms with Crippen molar-refractivity contribution < 1.29 is 24.1 Å². The van der Waals surface area contributed by atoms with Crippen LogP contribution in [-0.4, -0.2) is 32.8 Å². The number of aliphatic hydroxyl groups excluding tert-OH is 1. The van der Waals surface area contributed by atoms with Gasteiger partial charge in [-0.25, -0.2) is 4.98 Å². The number of carbonyl (C=O) groups excluding carboxylic acids is 1. The Balaban J connectivity index is 1.17. The van der Waals surface area contributed by atoms with Crippen molar-refractivity contribution in [2.24, 2.45) is 0 Å². The highest BCUT2D eigenvalue weighted by atomic mass is 32.2. The third kappa shape index (κ3) is 6.42. The van der Waals surface area contributed by atoms with Crippen molar-refractivity contribution in [2.45, 2.75) is 36.6 Å². The third-order valence-corrected chi connectivity index (χ3v) is 8.09. The van der Waals surface area contributed by atoms with Crippen LogP contribution >= 0.6 is 11.8 Å². The minimum Gasteiger partial charge on any atom is -0.618 e. The highest BCUT2D eigenvalue weighted by Gasteiger charge is 2.32. The third-order valence-electron chi connectivity index (χ3n) is 6.94. The summed E-state index contributed by atoms with van der Waals surface area (Å²) in [6, 6.07) is 27.7. The van der Waals surface area contributed by atoms with Crippen LogP contribution in [-0.2, 0) is 16.1 Å². The van der Waals surface area contributed by atoms with Crippen molar-refractivity contribution >= 4 is 34.4 Å². The number of amides is 1. The highest BCUT2D eigenvalue weighted by Crippen LogP contribution is 2.39. The number of hydrogen-bond donors (Lipinski definition) is 2. The smallest absolute Gasteiger partial charge is 0.275 e. The zero-order valence-corrected chi connectivity index (χ0v) is 23.3. The number of benzene rings is 3. The van der Waals surface area contributed by atoms with Crippen LogP contribution in [0.5, 0.6) is 0 Å². The lowest BCUT2D eigenvalue weighted by molar-refractivity contribution is -0.645. The number of para-hydroxylation sites is 2. The summed E-state index contributed by atoms with van der Waals surface area (Å²) in [7, 11) is 0. The van der Waals surface area contributed by atoms with Gasteiger partial charge in [0, 0.05) is 35.6 Å². The fourth-order valence-corrected chi connectivity index (χ4v) is 5.64. The van der Waals surface area contributed by atoms with Gasteiger partial charge >= 0.3 is 0 Å². The van der Waals surface area contributed by atoms with Crippen molar-refractivity contribution in [3.63, 3.8) is 0 Å². The molecule has 1 amide bonds. The van der Waals surface area contributed by atoms with Crippen molar-refractivity contribution in [1.29, 1.82) is 0 Å². The van der Waals surface area contributed by atoms with Crippen molar-refractivity contribution in [3.05, 3.63) is 131 Å². The van der Waals surface area contributed by atoms with E-state index in [1.54, 1.807) is 24.3 Å². The molecular weight excluding hydrogens is 552 g/mol. The molecule has 6 rings (SSSR count). The Hall–Kier alpha value is -4.35. The van der Waals surface area contributed by atoms with E-state index in [9.17, 15) is 15.1 Å². The molecule has 0 unspecified atom stereocenters. The monoisotopic (exact) mass is 580 g/mol. The first-order valence-corrected chi connectivity index (χ1v) is 14.5. The van der Waals surface area contributed by atoms with Crippen molar-refractivity contribution in [2.75, 3.05) is 11.1 Å². The molecule has 2 N–H and O–H groups in total. The van der Waals surface area contributed by atoms with E-state index < -0.39 is 6.29 Å². The largest absolute Gasteiger partial charge is 0.618 e. The zero-order valence-electron chi connectivity index (χ0n) is 22.5. The summed E-state index contributed by atoms with van der Waals surface area (Å²) < 4.78 is 13.6. The summed E-state index contributed by atoms with van der Waals surface area (Å²) in [6.07, 6.45) is 2.46. The quantitative estimate of drug-likeness (QED) is 0.143. The molecule has 1 fully saturated rings. The van der Waals surface area contributed by atoms with Gasteiger partial charge in [0.15, 0.2) is 12.5 Å². The molecule has 5 aromatic rings. The summed E-state index contributed by atoms with van der Waals surface area (Å²) in [5.41, 5.74) is 4.80. The molecule has 0 bridgehead atoms. The van der Waals surface area contributed by atoms with Gasteiger partial charge in [-0.1, -0.05) is 60.3 Å². The molecule has 3 aromatic carbocycles. The van der Waals surface area contributed by atoms with Crippen LogP contribution in [0.1, 0.15) is 46.0 Å². The van der Waals surface area contributed by atoms with E-state index in [1.165, 1.54) is 24.2 Å². The Morgan fingerprint density at radius 2 is 1.69 bits per heavy atom. The van der Waals surface area contributed by atoms with Crippen LogP contribution in [0, 0.1) is 5.21 Å².